The number of hydrogen-bond acceptors (Lipinski definition) is 2. The van der Waals surface area contributed by atoms with E-state index in [0.717, 1.165) is 22.3 Å². The summed E-state index contributed by atoms with van der Waals surface area (Å²) < 4.78 is 5.25. The molecule has 0 spiro atoms. The molecule has 0 N–H and O–H groups in total. The first-order chi connectivity index (χ1) is 7.85. The van der Waals surface area contributed by atoms with Gasteiger partial charge in [-0.1, -0.05) is 24.7 Å². The lowest BCUT2D eigenvalue weighted by atomic mass is 10.1. The summed E-state index contributed by atoms with van der Waals surface area (Å²) in [6, 6.07) is 14.0. The molecule has 4 radical (unpaired) electrons. The lowest BCUT2D eigenvalue weighted by Gasteiger charge is -2.10. The summed E-state index contributed by atoms with van der Waals surface area (Å²) in [5, 5.41) is 1.12. The van der Waals surface area contributed by atoms with Gasteiger partial charge in [0.2, 0.25) is 0 Å². The van der Waals surface area contributed by atoms with Gasteiger partial charge in [-0.3, -0.25) is 4.98 Å². The third-order valence-electron chi connectivity index (χ3n) is 2.30. The lowest BCUT2D eigenvalue weighted by molar-refractivity contribution is 0.618. The molecule has 1 aromatic heterocycles. The van der Waals surface area contributed by atoms with Crippen molar-refractivity contribution in [2.24, 2.45) is 0 Å². The second-order valence-electron chi connectivity index (χ2n) is 3.27. The van der Waals surface area contributed by atoms with E-state index in [1.54, 1.807) is 0 Å². The molecule has 0 bridgehead atoms. The second kappa shape index (κ2) is 5.31. The molecule has 0 saturated carbocycles. The van der Waals surface area contributed by atoms with Crippen molar-refractivity contribution in [3.8, 4) is 17.0 Å². The van der Waals surface area contributed by atoms with Crippen LogP contribution in [0.5, 0.6) is 5.75 Å². The Kier molecular flexibility index (Phi) is 3.78. The molecule has 4 heteroatoms. The van der Waals surface area contributed by atoms with E-state index in [-0.39, 0.29) is 0 Å². The van der Waals surface area contributed by atoms with Crippen LogP contribution in [0.4, 0.5) is 0 Å². The number of hydrogen-bond donors (Lipinski definition) is 0. The van der Waals surface area contributed by atoms with Gasteiger partial charge < -0.3 is 3.79 Å². The smallest absolute Gasteiger partial charge is 0.482 e. The predicted molar refractivity (Wildman–Crippen MR) is 67.3 cm³/mol. The summed E-state index contributed by atoms with van der Waals surface area (Å²) in [5.74, 6) is 0.830. The van der Waals surface area contributed by atoms with Crippen molar-refractivity contribution < 1.29 is 3.79 Å². The third-order valence-corrected chi connectivity index (χ3v) is 3.34. The molecule has 0 fully saturated rings. The zero-order valence-electron chi connectivity index (χ0n) is 8.97. The van der Waals surface area contributed by atoms with E-state index >= 15 is 0 Å². The Morgan fingerprint density at radius 2 is 1.94 bits per heavy atom. The first kappa shape index (κ1) is 11.4. The van der Waals surface area contributed by atoms with Crippen LogP contribution in [-0.2, 0) is 0 Å². The third kappa shape index (κ3) is 2.35. The zero-order valence-corrected chi connectivity index (χ0v) is 11.1. The largest absolute Gasteiger partial charge is 0.653 e. The van der Waals surface area contributed by atoms with Gasteiger partial charge in [-0.25, -0.2) is 0 Å². The van der Waals surface area contributed by atoms with Gasteiger partial charge in [-0.05, 0) is 24.3 Å². The van der Waals surface area contributed by atoms with Crippen LogP contribution in [0.15, 0.2) is 42.5 Å². The van der Waals surface area contributed by atoms with Crippen molar-refractivity contribution in [1.82, 2.24) is 4.98 Å². The van der Waals surface area contributed by atoms with Gasteiger partial charge in [-0.15, -0.1) is 0 Å². The summed E-state index contributed by atoms with van der Waals surface area (Å²) in [7, 11) is 0.712. The van der Waals surface area contributed by atoms with Gasteiger partial charge in [0.25, 0.3) is 0 Å². The quantitative estimate of drug-likeness (QED) is 0.759. The van der Waals surface area contributed by atoms with Crippen molar-refractivity contribution in [3.63, 3.8) is 0 Å². The van der Waals surface area contributed by atoms with Crippen molar-refractivity contribution in [3.05, 3.63) is 42.5 Å². The van der Waals surface area contributed by atoms with Crippen LogP contribution in [0.1, 0.15) is 0 Å². The van der Waals surface area contributed by atoms with Gasteiger partial charge in [-0.2, -0.15) is 0 Å². The average molecular weight is 239 g/mol. The molecule has 0 aliphatic heterocycles. The van der Waals surface area contributed by atoms with Crippen LogP contribution in [0.25, 0.3) is 11.3 Å². The number of aromatic nitrogens is 1. The topological polar surface area (TPSA) is 22.1 Å². The minimum Gasteiger partial charge on any atom is -0.653 e. The highest BCUT2D eigenvalue weighted by Gasteiger charge is 2.05. The van der Waals surface area contributed by atoms with Crippen molar-refractivity contribution in [2.75, 3.05) is 0 Å². The van der Waals surface area contributed by atoms with E-state index in [2.05, 4.69) is 28.2 Å². The van der Waals surface area contributed by atoms with E-state index < -0.39 is 0 Å². The molecule has 0 unspecified atom stereocenters. The van der Waals surface area contributed by atoms with Gasteiger partial charge >= 0.3 is 16.6 Å². The number of para-hydroxylation sites is 1. The fourth-order valence-electron chi connectivity index (χ4n) is 1.50. The summed E-state index contributed by atoms with van der Waals surface area (Å²) >= 11 is 2.28. The van der Waals surface area contributed by atoms with Crippen LogP contribution < -0.4 is 9.11 Å². The maximum Gasteiger partial charge on any atom is 0.482 e. The molecule has 0 saturated heterocycles. The van der Waals surface area contributed by atoms with E-state index in [1.807, 2.05) is 42.5 Å². The zero-order chi connectivity index (χ0) is 11.4. The van der Waals surface area contributed by atoms with Gasteiger partial charge in [0, 0.05) is 10.9 Å². The van der Waals surface area contributed by atoms with Crippen molar-refractivity contribution in [2.45, 2.75) is 6.55 Å². The second-order valence-corrected chi connectivity index (χ2v) is 4.52. The molecule has 76 valence electrons. The molecule has 1 aromatic carbocycles. The summed E-state index contributed by atoms with van der Waals surface area (Å²) in [4.78, 5) is 4.59. The Hall–Kier alpha value is -1.08. The first-order valence-electron chi connectivity index (χ1n) is 4.96. The fraction of sp³-hybridized carbons (Fsp3) is 0.0833. The first-order valence-corrected chi connectivity index (χ1v) is 6.93. The Bertz CT molecular complexity index is 490. The van der Waals surface area contributed by atoms with Crippen LogP contribution >= 0.6 is 0 Å². The molecule has 2 aromatic rings. The van der Waals surface area contributed by atoms with E-state index in [4.69, 9.17) is 3.79 Å². The molecule has 16 heavy (non-hydrogen) atoms. The molecule has 1 heterocycles. The average Bonchev–Trinajstić information content (AvgIpc) is 2.38. The van der Waals surface area contributed by atoms with Crippen LogP contribution in [0, 0.1) is 0 Å². The minimum atomic E-state index is 0.712. The molecular weight excluding hydrogens is 229 g/mol. The standard InChI is InChI=1S/C12H11NOSi.Al/c1-15-12-8-4-6-10(13-12)9-5-2-3-7-11(9)14;/h2-8,14H,1H3;/q;+1/p-1. The number of pyridine rings is 1. The fourth-order valence-corrected chi connectivity index (χ4v) is 2.21. The normalized spacial score (nSPS) is 10.1. The SMILES string of the molecule is C[Si]c1cccc(-c2ccccc2[O][Al])n1. The molecule has 0 aliphatic carbocycles. The Labute approximate surface area is 106 Å². The van der Waals surface area contributed by atoms with E-state index in [1.165, 1.54) is 0 Å². The van der Waals surface area contributed by atoms with Gasteiger partial charge in [0.05, 0.1) is 11.4 Å². The maximum atomic E-state index is 5.25. The van der Waals surface area contributed by atoms with Crippen molar-refractivity contribution in [1.29, 1.82) is 0 Å². The molecule has 2 rings (SSSR count). The van der Waals surface area contributed by atoms with E-state index in [9.17, 15) is 0 Å². The number of benzene rings is 1. The number of rotatable bonds is 3. The van der Waals surface area contributed by atoms with Gasteiger partial charge in [0.15, 0.2) is 0 Å². The maximum absolute atomic E-state index is 5.25. The van der Waals surface area contributed by atoms with Crippen LogP contribution in [-0.4, -0.2) is 31.1 Å². The highest BCUT2D eigenvalue weighted by Crippen LogP contribution is 2.26. The predicted octanol–water partition coefficient (Wildman–Crippen LogP) is 1.59. The molecule has 0 atom stereocenters. The molecule has 0 amide bonds. The van der Waals surface area contributed by atoms with Crippen LogP contribution in [0.3, 0.4) is 0 Å². The highest BCUT2D eigenvalue weighted by molar-refractivity contribution is 6.50. The molecule has 2 nitrogen and oxygen atoms in total. The summed E-state index contributed by atoms with van der Waals surface area (Å²) in [5.41, 5.74) is 1.99. The summed E-state index contributed by atoms with van der Waals surface area (Å²) in [6.07, 6.45) is 0. The van der Waals surface area contributed by atoms with Crippen molar-refractivity contribution >= 4 is 31.5 Å². The minimum absolute atomic E-state index is 0.712. The Morgan fingerprint density at radius 1 is 1.12 bits per heavy atom. The molecular formula is C12H10AlNOSi. The Balaban J connectivity index is 2.49. The number of nitrogens with zero attached hydrogens (tertiary/aromatic N) is 1. The lowest BCUT2D eigenvalue weighted by Crippen LogP contribution is -2.15. The Morgan fingerprint density at radius 3 is 2.69 bits per heavy atom. The van der Waals surface area contributed by atoms with E-state index in [0.29, 0.717) is 9.52 Å². The van der Waals surface area contributed by atoms with Crippen LogP contribution in [0.2, 0.25) is 6.55 Å². The van der Waals surface area contributed by atoms with Gasteiger partial charge in [0.1, 0.15) is 9.52 Å². The summed E-state index contributed by atoms with van der Waals surface area (Å²) in [6.45, 7) is 2.13. The highest BCUT2D eigenvalue weighted by atomic mass is 28.2. The monoisotopic (exact) mass is 239 g/mol. The molecule has 0 aliphatic rings.